The minimum atomic E-state index is -0.546. The van der Waals surface area contributed by atoms with Gasteiger partial charge in [-0.25, -0.2) is 5.43 Å². The van der Waals surface area contributed by atoms with Crippen LogP contribution >= 0.6 is 23.2 Å². The van der Waals surface area contributed by atoms with E-state index in [1.54, 1.807) is 24.3 Å². The van der Waals surface area contributed by atoms with Gasteiger partial charge in [0.25, 0.3) is 11.6 Å². The molecule has 0 fully saturated rings. The van der Waals surface area contributed by atoms with Crippen LogP contribution in [0.2, 0.25) is 10.0 Å². The average Bonchev–Trinajstić information content (AvgIpc) is 2.49. The number of nitrogens with one attached hydrogen (secondary N) is 1. The molecule has 22 heavy (non-hydrogen) atoms. The fourth-order valence-electron chi connectivity index (χ4n) is 1.61. The van der Waals surface area contributed by atoms with Gasteiger partial charge in [0.05, 0.1) is 21.7 Å². The SMILES string of the molecule is O=C(N/N=C\c1cc([N+](=O)[O-])ccc1Cl)c1ccccc1Cl. The topological polar surface area (TPSA) is 84.6 Å². The number of hydrogen-bond donors (Lipinski definition) is 1. The summed E-state index contributed by atoms with van der Waals surface area (Å²) in [5.74, 6) is -0.497. The highest BCUT2D eigenvalue weighted by molar-refractivity contribution is 6.34. The average molecular weight is 338 g/mol. The molecule has 0 unspecified atom stereocenters. The Morgan fingerprint density at radius 2 is 1.91 bits per heavy atom. The molecule has 0 saturated heterocycles. The highest BCUT2D eigenvalue weighted by Gasteiger charge is 2.10. The Balaban J connectivity index is 2.13. The van der Waals surface area contributed by atoms with E-state index in [9.17, 15) is 14.9 Å². The Bertz CT molecular complexity index is 763. The van der Waals surface area contributed by atoms with Crippen LogP contribution in [0.25, 0.3) is 0 Å². The van der Waals surface area contributed by atoms with Gasteiger partial charge in [-0.3, -0.25) is 14.9 Å². The molecule has 2 aromatic rings. The van der Waals surface area contributed by atoms with Crippen LogP contribution in [0.5, 0.6) is 0 Å². The number of nitrogens with zero attached hydrogens (tertiary/aromatic N) is 2. The first-order valence-corrected chi connectivity index (χ1v) is 6.76. The van der Waals surface area contributed by atoms with E-state index < -0.39 is 10.8 Å². The van der Waals surface area contributed by atoms with Crippen molar-refractivity contribution in [3.8, 4) is 0 Å². The molecule has 0 saturated carbocycles. The minimum Gasteiger partial charge on any atom is -0.267 e. The zero-order valence-electron chi connectivity index (χ0n) is 11.0. The molecule has 1 N–H and O–H groups in total. The van der Waals surface area contributed by atoms with E-state index in [1.807, 2.05) is 0 Å². The quantitative estimate of drug-likeness (QED) is 0.524. The van der Waals surface area contributed by atoms with Gasteiger partial charge in [-0.2, -0.15) is 5.10 Å². The molecular formula is C14H9Cl2N3O3. The third-order valence-electron chi connectivity index (χ3n) is 2.68. The zero-order chi connectivity index (χ0) is 16.1. The second kappa shape index (κ2) is 7.02. The maximum absolute atomic E-state index is 11.9. The number of halogens is 2. The van der Waals surface area contributed by atoms with Gasteiger partial charge in [-0.05, 0) is 18.2 Å². The molecule has 2 aromatic carbocycles. The molecule has 0 atom stereocenters. The van der Waals surface area contributed by atoms with Gasteiger partial charge in [0.2, 0.25) is 0 Å². The summed E-state index contributed by atoms with van der Waals surface area (Å²) in [5.41, 5.74) is 2.74. The predicted octanol–water partition coefficient (Wildman–Crippen LogP) is 3.67. The van der Waals surface area contributed by atoms with Gasteiger partial charge >= 0.3 is 0 Å². The first-order valence-electron chi connectivity index (χ1n) is 6.01. The van der Waals surface area contributed by atoms with Crippen molar-refractivity contribution in [2.75, 3.05) is 0 Å². The van der Waals surface area contributed by atoms with Gasteiger partial charge in [-0.15, -0.1) is 0 Å². The van der Waals surface area contributed by atoms with Crippen molar-refractivity contribution in [1.29, 1.82) is 0 Å². The normalized spacial score (nSPS) is 10.6. The lowest BCUT2D eigenvalue weighted by atomic mass is 10.2. The van der Waals surface area contributed by atoms with Crippen molar-refractivity contribution in [2.24, 2.45) is 5.10 Å². The smallest absolute Gasteiger partial charge is 0.267 e. The van der Waals surface area contributed by atoms with Crippen LogP contribution in [-0.2, 0) is 0 Å². The number of carbonyl (C=O) groups excluding carboxylic acids is 1. The summed E-state index contributed by atoms with van der Waals surface area (Å²) in [6.45, 7) is 0. The molecule has 0 radical (unpaired) electrons. The second-order valence-electron chi connectivity index (χ2n) is 4.14. The summed E-state index contributed by atoms with van der Waals surface area (Å²) in [4.78, 5) is 22.0. The largest absolute Gasteiger partial charge is 0.272 e. The molecule has 8 heteroatoms. The van der Waals surface area contributed by atoms with Crippen molar-refractivity contribution >= 4 is 41.0 Å². The molecule has 2 rings (SSSR count). The van der Waals surface area contributed by atoms with Crippen molar-refractivity contribution in [3.05, 3.63) is 73.8 Å². The number of hydrazone groups is 1. The summed E-state index contributed by atoms with van der Waals surface area (Å²) in [5, 5.41) is 15.0. The highest BCUT2D eigenvalue weighted by Crippen LogP contribution is 2.20. The molecule has 0 aromatic heterocycles. The van der Waals surface area contributed by atoms with Crippen LogP contribution in [-0.4, -0.2) is 17.0 Å². The Labute approximate surface area is 135 Å². The summed E-state index contributed by atoms with van der Waals surface area (Å²) in [7, 11) is 0. The van der Waals surface area contributed by atoms with E-state index in [2.05, 4.69) is 10.5 Å². The van der Waals surface area contributed by atoms with Crippen LogP contribution < -0.4 is 5.43 Å². The number of nitro groups is 1. The number of carbonyl (C=O) groups is 1. The summed E-state index contributed by atoms with van der Waals surface area (Å²) in [6, 6.07) is 10.4. The van der Waals surface area contributed by atoms with Crippen molar-refractivity contribution in [1.82, 2.24) is 5.43 Å². The third-order valence-corrected chi connectivity index (χ3v) is 3.35. The number of hydrogen-bond acceptors (Lipinski definition) is 4. The van der Waals surface area contributed by atoms with E-state index in [1.165, 1.54) is 24.4 Å². The number of nitro benzene ring substituents is 1. The Hall–Kier alpha value is -2.44. The molecule has 0 aliphatic carbocycles. The van der Waals surface area contributed by atoms with Crippen molar-refractivity contribution in [2.45, 2.75) is 0 Å². The monoisotopic (exact) mass is 337 g/mol. The maximum Gasteiger partial charge on any atom is 0.272 e. The Morgan fingerprint density at radius 1 is 1.18 bits per heavy atom. The lowest BCUT2D eigenvalue weighted by Gasteiger charge is -2.02. The Kier molecular flexibility index (Phi) is 5.08. The predicted molar refractivity (Wildman–Crippen MR) is 84.6 cm³/mol. The maximum atomic E-state index is 11.9. The van der Waals surface area contributed by atoms with Crippen LogP contribution in [0.3, 0.4) is 0 Å². The molecule has 0 bridgehead atoms. The third kappa shape index (κ3) is 3.81. The fourth-order valence-corrected chi connectivity index (χ4v) is 2.00. The molecule has 112 valence electrons. The summed E-state index contributed by atoms with van der Waals surface area (Å²) < 4.78 is 0. The van der Waals surface area contributed by atoms with E-state index in [4.69, 9.17) is 23.2 Å². The van der Waals surface area contributed by atoms with E-state index in [0.717, 1.165) is 0 Å². The Morgan fingerprint density at radius 3 is 2.59 bits per heavy atom. The number of rotatable bonds is 4. The van der Waals surface area contributed by atoms with Gasteiger partial charge in [0, 0.05) is 22.7 Å². The fraction of sp³-hybridized carbons (Fsp3) is 0. The molecule has 0 heterocycles. The van der Waals surface area contributed by atoms with Gasteiger partial charge in [0.1, 0.15) is 0 Å². The molecule has 1 amide bonds. The first kappa shape index (κ1) is 15.9. The van der Waals surface area contributed by atoms with E-state index >= 15 is 0 Å². The second-order valence-corrected chi connectivity index (χ2v) is 4.96. The molecule has 0 aliphatic heterocycles. The van der Waals surface area contributed by atoms with Crippen LogP contribution in [0.1, 0.15) is 15.9 Å². The molecular weight excluding hydrogens is 329 g/mol. The molecule has 6 nitrogen and oxygen atoms in total. The van der Waals surface area contributed by atoms with Gasteiger partial charge in [-0.1, -0.05) is 35.3 Å². The van der Waals surface area contributed by atoms with Gasteiger partial charge < -0.3 is 0 Å². The standard InChI is InChI=1S/C14H9Cl2N3O3/c15-12-6-5-10(19(21)22)7-9(12)8-17-18-14(20)11-3-1-2-4-13(11)16/h1-8H,(H,18,20)/b17-8-. The summed E-state index contributed by atoms with van der Waals surface area (Å²) in [6.07, 6.45) is 1.23. The molecule has 0 spiro atoms. The van der Waals surface area contributed by atoms with E-state index in [-0.39, 0.29) is 16.3 Å². The lowest BCUT2D eigenvalue weighted by molar-refractivity contribution is -0.384. The van der Waals surface area contributed by atoms with Crippen molar-refractivity contribution in [3.63, 3.8) is 0 Å². The summed E-state index contributed by atoms with van der Waals surface area (Å²) >= 11 is 11.8. The highest BCUT2D eigenvalue weighted by atomic mass is 35.5. The molecule has 0 aliphatic rings. The van der Waals surface area contributed by atoms with Crippen LogP contribution in [0.15, 0.2) is 47.6 Å². The minimum absolute atomic E-state index is 0.122. The number of amides is 1. The number of benzene rings is 2. The van der Waals surface area contributed by atoms with Crippen molar-refractivity contribution < 1.29 is 9.72 Å². The lowest BCUT2D eigenvalue weighted by Crippen LogP contribution is -2.18. The van der Waals surface area contributed by atoms with E-state index in [0.29, 0.717) is 10.6 Å². The van der Waals surface area contributed by atoms with Gasteiger partial charge in [0.15, 0.2) is 0 Å². The first-order chi connectivity index (χ1) is 10.5. The van der Waals surface area contributed by atoms with Crippen LogP contribution in [0, 0.1) is 10.1 Å². The zero-order valence-corrected chi connectivity index (χ0v) is 12.5. The number of non-ortho nitro benzene ring substituents is 1. The van der Waals surface area contributed by atoms with Crippen LogP contribution in [0.4, 0.5) is 5.69 Å².